The van der Waals surface area contributed by atoms with Gasteiger partial charge in [-0.2, -0.15) is 0 Å². The van der Waals surface area contributed by atoms with Gasteiger partial charge >= 0.3 is 0 Å². The third-order valence-corrected chi connectivity index (χ3v) is 4.54. The predicted octanol–water partition coefficient (Wildman–Crippen LogP) is 3.49. The molecule has 2 aromatic heterocycles. The summed E-state index contributed by atoms with van der Waals surface area (Å²) in [5, 5.41) is 0.547. The van der Waals surface area contributed by atoms with E-state index in [1.807, 2.05) is 10.8 Å². The second-order valence-corrected chi connectivity index (χ2v) is 11.3. The van der Waals surface area contributed by atoms with Crippen LogP contribution in [0.4, 0.5) is 4.39 Å². The molecule has 0 aliphatic rings. The van der Waals surface area contributed by atoms with E-state index in [4.69, 9.17) is 4.74 Å². The van der Waals surface area contributed by atoms with E-state index in [2.05, 4.69) is 24.6 Å². The molecule has 0 spiro atoms. The van der Waals surface area contributed by atoms with Gasteiger partial charge in [0.25, 0.3) is 0 Å². The molecule has 98 valence electrons. The minimum Gasteiger partial charge on any atom is -0.361 e. The highest BCUT2D eigenvalue weighted by molar-refractivity contribution is 6.76. The number of rotatable bonds is 5. The highest BCUT2D eigenvalue weighted by Crippen LogP contribution is 2.16. The summed E-state index contributed by atoms with van der Waals surface area (Å²) in [6.07, 6.45) is 3.30. The Morgan fingerprint density at radius 3 is 2.83 bits per heavy atom. The molecule has 0 N–H and O–H groups in total. The summed E-state index contributed by atoms with van der Waals surface area (Å²) in [5.74, 6) is -0.235. The summed E-state index contributed by atoms with van der Waals surface area (Å²) in [7, 11) is -1.05. The fraction of sp³-hybridized carbons (Fsp3) is 0.462. The van der Waals surface area contributed by atoms with Crippen molar-refractivity contribution < 1.29 is 9.13 Å². The van der Waals surface area contributed by atoms with Crippen LogP contribution in [0.15, 0.2) is 24.5 Å². The largest absolute Gasteiger partial charge is 0.361 e. The molecule has 0 unspecified atom stereocenters. The van der Waals surface area contributed by atoms with Gasteiger partial charge < -0.3 is 9.30 Å². The first-order valence-electron chi connectivity index (χ1n) is 6.14. The Bertz CT molecular complexity index is 533. The van der Waals surface area contributed by atoms with Crippen LogP contribution >= 0.6 is 0 Å². The number of pyridine rings is 1. The van der Waals surface area contributed by atoms with Crippen LogP contribution in [0.3, 0.4) is 0 Å². The summed E-state index contributed by atoms with van der Waals surface area (Å²) in [6, 6.07) is 4.24. The van der Waals surface area contributed by atoms with Crippen LogP contribution in [0, 0.1) is 5.82 Å². The van der Waals surface area contributed by atoms with Crippen LogP contribution in [0.2, 0.25) is 25.7 Å². The van der Waals surface area contributed by atoms with Crippen molar-refractivity contribution in [1.29, 1.82) is 0 Å². The minimum absolute atomic E-state index is 0.235. The number of aromatic nitrogens is 2. The molecular weight excluding hydrogens is 247 g/mol. The zero-order valence-corrected chi connectivity index (χ0v) is 12.1. The second-order valence-electron chi connectivity index (χ2n) is 5.66. The lowest BCUT2D eigenvalue weighted by molar-refractivity contribution is 0.0899. The fourth-order valence-corrected chi connectivity index (χ4v) is 2.46. The summed E-state index contributed by atoms with van der Waals surface area (Å²) in [5.41, 5.74) is 0.642. The van der Waals surface area contributed by atoms with Crippen LogP contribution < -0.4 is 0 Å². The van der Waals surface area contributed by atoms with Crippen molar-refractivity contribution in [3.05, 3.63) is 30.3 Å². The molecule has 2 aromatic rings. The van der Waals surface area contributed by atoms with Gasteiger partial charge in [-0.25, -0.2) is 9.37 Å². The van der Waals surface area contributed by atoms with E-state index in [-0.39, 0.29) is 5.82 Å². The van der Waals surface area contributed by atoms with Gasteiger partial charge in [0, 0.05) is 27.1 Å². The number of hydrogen-bond acceptors (Lipinski definition) is 2. The minimum atomic E-state index is -1.05. The maximum atomic E-state index is 13.5. The van der Waals surface area contributed by atoms with E-state index in [1.54, 1.807) is 6.07 Å². The highest BCUT2D eigenvalue weighted by atomic mass is 28.3. The lowest BCUT2D eigenvalue weighted by Crippen LogP contribution is -2.22. The number of nitrogens with zero attached hydrogens (tertiary/aromatic N) is 2. The Morgan fingerprint density at radius 1 is 1.33 bits per heavy atom. The molecule has 0 aliphatic heterocycles. The van der Waals surface area contributed by atoms with Gasteiger partial charge in [0.15, 0.2) is 0 Å². The van der Waals surface area contributed by atoms with Crippen molar-refractivity contribution in [2.45, 2.75) is 32.4 Å². The lowest BCUT2D eigenvalue weighted by atomic mass is 10.3. The van der Waals surface area contributed by atoms with E-state index >= 15 is 0 Å². The first-order valence-corrected chi connectivity index (χ1v) is 9.85. The first-order chi connectivity index (χ1) is 8.47. The molecule has 0 atom stereocenters. The lowest BCUT2D eigenvalue weighted by Gasteiger charge is -2.15. The summed E-state index contributed by atoms with van der Waals surface area (Å²) < 4.78 is 20.9. The van der Waals surface area contributed by atoms with Crippen molar-refractivity contribution in [1.82, 2.24) is 9.55 Å². The van der Waals surface area contributed by atoms with Gasteiger partial charge in [-0.1, -0.05) is 19.6 Å². The molecule has 0 aromatic carbocycles. The Balaban J connectivity index is 1.98. The molecular formula is C13H19FN2OSi. The molecule has 0 aliphatic carbocycles. The monoisotopic (exact) mass is 266 g/mol. The van der Waals surface area contributed by atoms with Crippen LogP contribution in [0.1, 0.15) is 0 Å². The molecule has 0 amide bonds. The summed E-state index contributed by atoms with van der Waals surface area (Å²) in [6.45, 7) is 8.14. The molecule has 0 saturated heterocycles. The quantitative estimate of drug-likeness (QED) is 0.612. The Hall–Kier alpha value is -1.20. The van der Waals surface area contributed by atoms with Crippen molar-refractivity contribution in [3.63, 3.8) is 0 Å². The van der Waals surface area contributed by atoms with E-state index < -0.39 is 8.07 Å². The Labute approximate surface area is 108 Å². The summed E-state index contributed by atoms with van der Waals surface area (Å²) in [4.78, 5) is 4.18. The predicted molar refractivity (Wildman–Crippen MR) is 73.8 cm³/mol. The average molecular weight is 266 g/mol. The molecule has 18 heavy (non-hydrogen) atoms. The molecule has 2 rings (SSSR count). The van der Waals surface area contributed by atoms with E-state index in [9.17, 15) is 4.39 Å². The van der Waals surface area contributed by atoms with Crippen LogP contribution in [-0.4, -0.2) is 24.2 Å². The Kier molecular flexibility index (Phi) is 3.82. The molecule has 0 saturated carbocycles. The topological polar surface area (TPSA) is 27.1 Å². The first kappa shape index (κ1) is 13.2. The van der Waals surface area contributed by atoms with Gasteiger partial charge in [-0.15, -0.1) is 0 Å². The molecule has 5 heteroatoms. The van der Waals surface area contributed by atoms with Crippen LogP contribution in [0.5, 0.6) is 0 Å². The number of halogens is 1. The Morgan fingerprint density at radius 2 is 2.11 bits per heavy atom. The van der Waals surface area contributed by atoms with E-state index in [0.29, 0.717) is 17.8 Å². The normalized spacial score (nSPS) is 12.2. The smallest absolute Gasteiger partial charge is 0.144 e. The maximum Gasteiger partial charge on any atom is 0.144 e. The van der Waals surface area contributed by atoms with E-state index in [0.717, 1.165) is 12.7 Å². The number of hydrogen-bond donors (Lipinski definition) is 0. The zero-order valence-electron chi connectivity index (χ0n) is 11.1. The van der Waals surface area contributed by atoms with Crippen molar-refractivity contribution in [3.8, 4) is 0 Å². The zero-order chi connectivity index (χ0) is 13.2. The molecule has 0 fully saturated rings. The average Bonchev–Trinajstić information content (AvgIpc) is 2.68. The molecule has 0 radical (unpaired) electrons. The van der Waals surface area contributed by atoms with Crippen LogP contribution in [-0.2, 0) is 11.5 Å². The molecule has 3 nitrogen and oxygen atoms in total. The van der Waals surface area contributed by atoms with E-state index in [1.165, 1.54) is 12.3 Å². The number of ether oxygens (including phenoxy) is 1. The third-order valence-electron chi connectivity index (χ3n) is 2.84. The van der Waals surface area contributed by atoms with Crippen molar-refractivity contribution >= 4 is 19.1 Å². The van der Waals surface area contributed by atoms with Gasteiger partial charge in [0.2, 0.25) is 0 Å². The number of fused-ring (bicyclic) bond motifs is 1. The van der Waals surface area contributed by atoms with Gasteiger partial charge in [-0.05, 0) is 18.2 Å². The molecule has 2 heterocycles. The van der Waals surface area contributed by atoms with Gasteiger partial charge in [0.05, 0.1) is 5.39 Å². The summed E-state index contributed by atoms with van der Waals surface area (Å²) >= 11 is 0. The second kappa shape index (κ2) is 5.20. The van der Waals surface area contributed by atoms with Crippen molar-refractivity contribution in [2.24, 2.45) is 0 Å². The molecule has 0 bridgehead atoms. The van der Waals surface area contributed by atoms with Crippen LogP contribution in [0.25, 0.3) is 11.0 Å². The van der Waals surface area contributed by atoms with Gasteiger partial charge in [-0.3, -0.25) is 0 Å². The fourth-order valence-electron chi connectivity index (χ4n) is 1.70. The SMILES string of the molecule is C[Si](C)(C)CCOCn1ccc2c(F)ccnc21. The van der Waals surface area contributed by atoms with Gasteiger partial charge in [0.1, 0.15) is 18.2 Å². The standard InChI is InChI=1S/C13H19FN2OSi/c1-18(2,3)9-8-17-10-16-7-5-11-12(14)4-6-15-13(11)16/h4-7H,8-10H2,1-3H3. The maximum absolute atomic E-state index is 13.5. The third kappa shape index (κ3) is 3.17. The highest BCUT2D eigenvalue weighted by Gasteiger charge is 2.12. The van der Waals surface area contributed by atoms with Crippen molar-refractivity contribution in [2.75, 3.05) is 6.61 Å².